The molecule has 1 nitrogen and oxygen atoms in total. The van der Waals surface area contributed by atoms with Crippen molar-refractivity contribution in [3.8, 4) is 11.1 Å². The Morgan fingerprint density at radius 1 is 1.06 bits per heavy atom. The van der Waals surface area contributed by atoms with Gasteiger partial charge in [0.1, 0.15) is 0 Å². The molecule has 0 spiro atoms. The Hall–Kier alpha value is -1.36. The van der Waals surface area contributed by atoms with Crippen LogP contribution in [0.4, 0.5) is 13.2 Å². The van der Waals surface area contributed by atoms with Crippen LogP contribution in [0.25, 0.3) is 11.1 Å². The second-order valence-corrected chi connectivity index (χ2v) is 4.28. The fourth-order valence-electron chi connectivity index (χ4n) is 1.78. The number of pyridine rings is 1. The minimum atomic E-state index is -4.39. The number of benzene rings is 1. The Balaban J connectivity index is 2.68. The van der Waals surface area contributed by atoms with E-state index in [1.54, 1.807) is 30.3 Å². The number of rotatable bonds is 2. The quantitative estimate of drug-likeness (QED) is 0.734. The number of nitrogens with zero attached hydrogens (tertiary/aromatic N) is 1. The third-order valence-corrected chi connectivity index (χ3v) is 3.14. The summed E-state index contributed by atoms with van der Waals surface area (Å²) in [5.74, 6) is 0. The van der Waals surface area contributed by atoms with Gasteiger partial charge in [0.25, 0.3) is 0 Å². The van der Waals surface area contributed by atoms with Crippen LogP contribution in [-0.2, 0) is 11.5 Å². The van der Waals surface area contributed by atoms with Gasteiger partial charge in [-0.05, 0) is 11.1 Å². The van der Waals surface area contributed by atoms with Crippen LogP contribution in [0.1, 0.15) is 11.1 Å². The lowest BCUT2D eigenvalue weighted by Gasteiger charge is -2.15. The molecule has 0 N–H and O–H groups in total. The van der Waals surface area contributed by atoms with E-state index in [1.807, 2.05) is 0 Å². The number of aromatic nitrogens is 1. The number of hydrogen-bond donors (Lipinski definition) is 0. The molecule has 2 rings (SSSR count). The third-order valence-electron chi connectivity index (χ3n) is 2.54. The molecule has 94 valence electrons. The van der Waals surface area contributed by atoms with Gasteiger partial charge >= 0.3 is 6.18 Å². The Morgan fingerprint density at radius 3 is 2.28 bits per heavy atom. The van der Waals surface area contributed by atoms with E-state index < -0.39 is 11.7 Å². The van der Waals surface area contributed by atoms with E-state index in [2.05, 4.69) is 20.9 Å². The molecular weight excluding hydrogens is 307 g/mol. The van der Waals surface area contributed by atoms with Crippen molar-refractivity contribution in [3.05, 3.63) is 53.9 Å². The molecule has 0 aliphatic heterocycles. The second-order valence-electron chi connectivity index (χ2n) is 3.72. The van der Waals surface area contributed by atoms with Crippen LogP contribution in [0.15, 0.2) is 42.7 Å². The highest BCUT2D eigenvalue weighted by atomic mass is 79.9. The van der Waals surface area contributed by atoms with E-state index in [0.717, 1.165) is 0 Å². The van der Waals surface area contributed by atoms with E-state index in [9.17, 15) is 13.2 Å². The molecule has 0 unspecified atom stereocenters. The highest BCUT2D eigenvalue weighted by molar-refractivity contribution is 9.08. The molecule has 0 bridgehead atoms. The van der Waals surface area contributed by atoms with Crippen LogP contribution in [0.3, 0.4) is 0 Å². The standard InChI is InChI=1S/C13H9BrF3N/c14-6-10-7-18-8-11(12(10)13(15,16)17)9-4-2-1-3-5-9/h1-5,7-8H,6H2. The van der Waals surface area contributed by atoms with Gasteiger partial charge in [-0.2, -0.15) is 13.2 Å². The molecule has 1 aromatic carbocycles. The SMILES string of the molecule is FC(F)(F)c1c(CBr)cncc1-c1ccccc1. The van der Waals surface area contributed by atoms with Crippen LogP contribution >= 0.6 is 15.9 Å². The van der Waals surface area contributed by atoms with Gasteiger partial charge in [0.15, 0.2) is 0 Å². The van der Waals surface area contributed by atoms with Gasteiger partial charge in [-0.15, -0.1) is 0 Å². The first-order valence-electron chi connectivity index (χ1n) is 5.19. The summed E-state index contributed by atoms with van der Waals surface area (Å²) in [7, 11) is 0. The average molecular weight is 316 g/mol. The van der Waals surface area contributed by atoms with Crippen molar-refractivity contribution in [2.75, 3.05) is 0 Å². The molecule has 1 aromatic heterocycles. The monoisotopic (exact) mass is 315 g/mol. The van der Waals surface area contributed by atoms with Crippen LogP contribution in [-0.4, -0.2) is 4.98 Å². The van der Waals surface area contributed by atoms with Gasteiger partial charge in [-0.25, -0.2) is 0 Å². The normalized spacial score (nSPS) is 11.6. The zero-order valence-electron chi connectivity index (χ0n) is 9.21. The molecule has 0 saturated heterocycles. The Morgan fingerprint density at radius 2 is 1.72 bits per heavy atom. The zero-order valence-corrected chi connectivity index (χ0v) is 10.8. The molecule has 18 heavy (non-hydrogen) atoms. The second kappa shape index (κ2) is 5.10. The Bertz CT molecular complexity index is 538. The molecule has 0 radical (unpaired) electrons. The van der Waals surface area contributed by atoms with Crippen molar-refractivity contribution in [2.45, 2.75) is 11.5 Å². The first kappa shape index (κ1) is 13.1. The molecule has 0 aliphatic carbocycles. The first-order chi connectivity index (χ1) is 8.54. The van der Waals surface area contributed by atoms with Crippen molar-refractivity contribution in [2.24, 2.45) is 0 Å². The fraction of sp³-hybridized carbons (Fsp3) is 0.154. The first-order valence-corrected chi connectivity index (χ1v) is 6.31. The predicted molar refractivity (Wildman–Crippen MR) is 67.3 cm³/mol. The average Bonchev–Trinajstić information content (AvgIpc) is 2.38. The number of alkyl halides is 4. The van der Waals surface area contributed by atoms with Crippen molar-refractivity contribution in [1.82, 2.24) is 4.98 Å². The predicted octanol–water partition coefficient (Wildman–Crippen LogP) is 4.66. The van der Waals surface area contributed by atoms with E-state index in [1.165, 1.54) is 12.4 Å². The number of halogens is 4. The van der Waals surface area contributed by atoms with Gasteiger partial charge in [0.2, 0.25) is 0 Å². The van der Waals surface area contributed by atoms with E-state index in [4.69, 9.17) is 0 Å². The van der Waals surface area contributed by atoms with Crippen molar-refractivity contribution < 1.29 is 13.2 Å². The topological polar surface area (TPSA) is 12.9 Å². The van der Waals surface area contributed by atoms with E-state index in [0.29, 0.717) is 5.56 Å². The maximum absolute atomic E-state index is 13.1. The molecule has 5 heteroatoms. The summed E-state index contributed by atoms with van der Waals surface area (Å²) in [4.78, 5) is 3.88. The summed E-state index contributed by atoms with van der Waals surface area (Å²) < 4.78 is 39.4. The van der Waals surface area contributed by atoms with Gasteiger partial charge in [0, 0.05) is 23.3 Å². The highest BCUT2D eigenvalue weighted by Crippen LogP contribution is 2.39. The maximum atomic E-state index is 13.1. The van der Waals surface area contributed by atoms with Gasteiger partial charge in [-0.3, -0.25) is 4.98 Å². The van der Waals surface area contributed by atoms with Crippen molar-refractivity contribution in [1.29, 1.82) is 0 Å². The molecule has 0 aliphatic rings. The lowest BCUT2D eigenvalue weighted by molar-refractivity contribution is -0.137. The van der Waals surface area contributed by atoms with Crippen LogP contribution < -0.4 is 0 Å². The minimum Gasteiger partial charge on any atom is -0.264 e. The summed E-state index contributed by atoms with van der Waals surface area (Å²) >= 11 is 3.07. The lowest BCUT2D eigenvalue weighted by atomic mass is 9.98. The Labute approximate surface area is 111 Å². The molecule has 0 amide bonds. The van der Waals surface area contributed by atoms with Crippen molar-refractivity contribution in [3.63, 3.8) is 0 Å². The summed E-state index contributed by atoms with van der Waals surface area (Å²) in [6.07, 6.45) is -1.90. The summed E-state index contributed by atoms with van der Waals surface area (Å²) in [6, 6.07) is 8.46. The molecule has 0 atom stereocenters. The fourth-order valence-corrected chi connectivity index (χ4v) is 2.20. The maximum Gasteiger partial charge on any atom is 0.417 e. The van der Waals surface area contributed by atoms with Crippen LogP contribution in [0.5, 0.6) is 0 Å². The molecule has 2 aromatic rings. The minimum absolute atomic E-state index is 0.111. The van der Waals surface area contributed by atoms with Crippen LogP contribution in [0, 0.1) is 0 Å². The summed E-state index contributed by atoms with van der Waals surface area (Å²) in [5.41, 5.74) is 0.143. The Kier molecular flexibility index (Phi) is 3.71. The zero-order chi connectivity index (χ0) is 13.2. The van der Waals surface area contributed by atoms with Crippen LogP contribution in [0.2, 0.25) is 0 Å². The smallest absolute Gasteiger partial charge is 0.264 e. The highest BCUT2D eigenvalue weighted by Gasteiger charge is 2.36. The van der Waals surface area contributed by atoms with Gasteiger partial charge in [0.05, 0.1) is 5.56 Å². The third kappa shape index (κ3) is 2.56. The molecular formula is C13H9BrF3N. The molecule has 0 saturated carbocycles. The van der Waals surface area contributed by atoms with Gasteiger partial charge < -0.3 is 0 Å². The largest absolute Gasteiger partial charge is 0.417 e. The summed E-state index contributed by atoms with van der Waals surface area (Å²) in [5, 5.41) is 0.121. The van der Waals surface area contributed by atoms with Gasteiger partial charge in [-0.1, -0.05) is 46.3 Å². The number of hydrogen-bond acceptors (Lipinski definition) is 1. The lowest BCUT2D eigenvalue weighted by Crippen LogP contribution is -2.11. The molecule has 1 heterocycles. The van der Waals surface area contributed by atoms with E-state index in [-0.39, 0.29) is 16.5 Å². The van der Waals surface area contributed by atoms with E-state index >= 15 is 0 Å². The summed E-state index contributed by atoms with van der Waals surface area (Å²) in [6.45, 7) is 0. The van der Waals surface area contributed by atoms with Crippen molar-refractivity contribution >= 4 is 15.9 Å². The molecule has 0 fully saturated rings.